The number of rotatable bonds is 3. The van der Waals surface area contributed by atoms with Crippen LogP contribution in [0.1, 0.15) is 47.0 Å². The van der Waals surface area contributed by atoms with Crippen molar-refractivity contribution in [2.24, 2.45) is 0 Å². The Kier molecular flexibility index (Phi) is 4.12. The molecule has 2 rings (SSSR count). The lowest BCUT2D eigenvalue weighted by Crippen LogP contribution is -2.56. The summed E-state index contributed by atoms with van der Waals surface area (Å²) in [6.45, 7) is 10.6. The minimum absolute atomic E-state index is 0.418. The minimum Gasteiger partial charge on any atom is -0.363 e. The van der Waals surface area contributed by atoms with Crippen molar-refractivity contribution in [1.82, 2.24) is 4.90 Å². The summed E-state index contributed by atoms with van der Waals surface area (Å²) in [6, 6.07) is 0.418. The number of nitrogens with zero attached hydrogens (tertiary/aromatic N) is 1. The lowest BCUT2D eigenvalue weighted by Gasteiger charge is -2.44. The molecule has 0 aromatic carbocycles. The van der Waals surface area contributed by atoms with E-state index in [-0.39, 0.29) is 0 Å². The first-order chi connectivity index (χ1) is 8.55. The molecule has 1 fully saturated rings. The van der Waals surface area contributed by atoms with Crippen LogP contribution in [0, 0.1) is 0 Å². The van der Waals surface area contributed by atoms with Gasteiger partial charge in [-0.3, -0.25) is 4.90 Å². The predicted molar refractivity (Wildman–Crippen MR) is 72.5 cm³/mol. The molecule has 0 aromatic rings. The monoisotopic (exact) mass is 255 g/mol. The van der Waals surface area contributed by atoms with Gasteiger partial charge in [-0.2, -0.15) is 0 Å². The van der Waals surface area contributed by atoms with Crippen LogP contribution in [-0.4, -0.2) is 42.4 Å². The molecule has 2 aliphatic rings. The van der Waals surface area contributed by atoms with Crippen LogP contribution in [0.4, 0.5) is 4.39 Å². The van der Waals surface area contributed by atoms with Crippen LogP contribution in [0.2, 0.25) is 0 Å². The molecule has 2 aliphatic heterocycles. The first-order valence-electron chi connectivity index (χ1n) is 7.28. The van der Waals surface area contributed by atoms with E-state index in [0.717, 1.165) is 25.8 Å². The van der Waals surface area contributed by atoms with Gasteiger partial charge < -0.3 is 4.74 Å². The average Bonchev–Trinajstić information content (AvgIpc) is 2.71. The Balaban J connectivity index is 2.21. The largest absolute Gasteiger partial charge is 0.363 e. The van der Waals surface area contributed by atoms with Crippen molar-refractivity contribution >= 4 is 0 Å². The number of hydrogen-bond acceptors (Lipinski definition) is 2. The van der Waals surface area contributed by atoms with Crippen molar-refractivity contribution in [2.45, 2.75) is 64.8 Å². The second-order valence-electron chi connectivity index (χ2n) is 5.77. The maximum absolute atomic E-state index is 14.7. The molecule has 0 radical (unpaired) electrons. The number of alkyl halides is 1. The van der Waals surface area contributed by atoms with Crippen LogP contribution in [-0.2, 0) is 4.74 Å². The zero-order valence-corrected chi connectivity index (χ0v) is 12.1. The Hall–Kier alpha value is -0.410. The van der Waals surface area contributed by atoms with E-state index < -0.39 is 11.8 Å². The van der Waals surface area contributed by atoms with Crippen molar-refractivity contribution in [3.05, 3.63) is 11.1 Å². The van der Waals surface area contributed by atoms with E-state index in [1.165, 1.54) is 11.1 Å². The third kappa shape index (κ3) is 2.12. The quantitative estimate of drug-likeness (QED) is 0.717. The molecule has 0 bridgehead atoms. The fourth-order valence-electron chi connectivity index (χ4n) is 3.44. The van der Waals surface area contributed by atoms with E-state index >= 15 is 0 Å². The third-order valence-corrected chi connectivity index (χ3v) is 4.62. The standard InChI is InChI=1S/C15H26FNO/c1-5-12-10-18-15(13(12)6-2)7-8-17(11(3)4)9-14(15)16/h11,14H,5-10H2,1-4H3/t14-,15-/m0/s1. The fraction of sp³-hybridized carbons (Fsp3) is 0.867. The van der Waals surface area contributed by atoms with Gasteiger partial charge in [0.2, 0.25) is 0 Å². The van der Waals surface area contributed by atoms with E-state index in [1.807, 2.05) is 0 Å². The second kappa shape index (κ2) is 5.30. The van der Waals surface area contributed by atoms with E-state index in [2.05, 4.69) is 32.6 Å². The van der Waals surface area contributed by atoms with Gasteiger partial charge in [-0.25, -0.2) is 4.39 Å². The average molecular weight is 255 g/mol. The highest BCUT2D eigenvalue weighted by Crippen LogP contribution is 2.44. The summed E-state index contributed by atoms with van der Waals surface area (Å²) in [7, 11) is 0. The van der Waals surface area contributed by atoms with E-state index in [1.54, 1.807) is 0 Å². The first kappa shape index (κ1) is 14.0. The summed E-state index contributed by atoms with van der Waals surface area (Å²) in [5, 5.41) is 0. The number of halogens is 1. The summed E-state index contributed by atoms with van der Waals surface area (Å²) in [4.78, 5) is 2.22. The van der Waals surface area contributed by atoms with Crippen LogP contribution < -0.4 is 0 Å². The molecular weight excluding hydrogens is 229 g/mol. The molecule has 2 heterocycles. The van der Waals surface area contributed by atoms with Gasteiger partial charge >= 0.3 is 0 Å². The fourth-order valence-corrected chi connectivity index (χ4v) is 3.44. The molecule has 1 saturated heterocycles. The van der Waals surface area contributed by atoms with Gasteiger partial charge in [0.1, 0.15) is 11.8 Å². The summed E-state index contributed by atoms with van der Waals surface area (Å²) < 4.78 is 20.7. The topological polar surface area (TPSA) is 12.5 Å². The molecule has 0 N–H and O–H groups in total. The highest BCUT2D eigenvalue weighted by Gasteiger charge is 2.50. The molecule has 104 valence electrons. The smallest absolute Gasteiger partial charge is 0.145 e. The molecule has 2 atom stereocenters. The number of piperidine rings is 1. The lowest BCUT2D eigenvalue weighted by atomic mass is 9.80. The van der Waals surface area contributed by atoms with Gasteiger partial charge in [-0.05, 0) is 44.3 Å². The van der Waals surface area contributed by atoms with Crippen molar-refractivity contribution in [3.63, 3.8) is 0 Å². The van der Waals surface area contributed by atoms with Crippen LogP contribution in [0.15, 0.2) is 11.1 Å². The van der Waals surface area contributed by atoms with Crippen LogP contribution in [0.5, 0.6) is 0 Å². The maximum atomic E-state index is 14.7. The molecule has 3 heteroatoms. The number of ether oxygens (including phenoxy) is 1. The highest BCUT2D eigenvalue weighted by molar-refractivity contribution is 5.32. The summed E-state index contributed by atoms with van der Waals surface area (Å²) in [6.07, 6.45) is 1.84. The highest BCUT2D eigenvalue weighted by atomic mass is 19.1. The van der Waals surface area contributed by atoms with Crippen molar-refractivity contribution in [2.75, 3.05) is 19.7 Å². The summed E-state index contributed by atoms with van der Waals surface area (Å²) in [5.74, 6) is 0. The lowest BCUT2D eigenvalue weighted by molar-refractivity contribution is -0.0916. The Morgan fingerprint density at radius 1 is 1.39 bits per heavy atom. The van der Waals surface area contributed by atoms with Gasteiger partial charge in [0, 0.05) is 19.1 Å². The Bertz CT molecular complexity index is 339. The van der Waals surface area contributed by atoms with Crippen molar-refractivity contribution < 1.29 is 9.13 Å². The van der Waals surface area contributed by atoms with Gasteiger partial charge in [-0.15, -0.1) is 0 Å². The SMILES string of the molecule is CCC1=C(CC)[C@]2(CCN(C(C)C)C[C@@H]2F)OC1. The van der Waals surface area contributed by atoms with Crippen molar-refractivity contribution in [1.29, 1.82) is 0 Å². The third-order valence-electron chi connectivity index (χ3n) is 4.62. The van der Waals surface area contributed by atoms with Gasteiger partial charge in [-0.1, -0.05) is 13.8 Å². The zero-order valence-electron chi connectivity index (χ0n) is 12.1. The van der Waals surface area contributed by atoms with Gasteiger partial charge in [0.05, 0.1) is 6.61 Å². The molecule has 0 aromatic heterocycles. The Morgan fingerprint density at radius 3 is 2.61 bits per heavy atom. The normalized spacial score (nSPS) is 34.0. The predicted octanol–water partition coefficient (Wildman–Crippen LogP) is 3.32. The summed E-state index contributed by atoms with van der Waals surface area (Å²) in [5.41, 5.74) is 1.99. The molecule has 0 amide bonds. The molecule has 18 heavy (non-hydrogen) atoms. The van der Waals surface area contributed by atoms with Crippen LogP contribution >= 0.6 is 0 Å². The second-order valence-corrected chi connectivity index (χ2v) is 5.77. The maximum Gasteiger partial charge on any atom is 0.145 e. The summed E-state index contributed by atoms with van der Waals surface area (Å²) >= 11 is 0. The zero-order chi connectivity index (χ0) is 13.3. The number of hydrogen-bond donors (Lipinski definition) is 0. The van der Waals surface area contributed by atoms with Crippen molar-refractivity contribution in [3.8, 4) is 0 Å². The molecule has 2 nitrogen and oxygen atoms in total. The van der Waals surface area contributed by atoms with Gasteiger partial charge in [0.25, 0.3) is 0 Å². The van der Waals surface area contributed by atoms with E-state index in [0.29, 0.717) is 19.2 Å². The van der Waals surface area contributed by atoms with E-state index in [4.69, 9.17) is 4.74 Å². The molecule has 1 spiro atoms. The molecular formula is C15H26FNO. The molecule has 0 unspecified atom stereocenters. The van der Waals surface area contributed by atoms with Crippen LogP contribution in [0.3, 0.4) is 0 Å². The Labute approximate surface area is 110 Å². The minimum atomic E-state index is -0.882. The molecule has 0 saturated carbocycles. The van der Waals surface area contributed by atoms with Crippen LogP contribution in [0.25, 0.3) is 0 Å². The first-order valence-corrected chi connectivity index (χ1v) is 7.28. The van der Waals surface area contributed by atoms with Gasteiger partial charge in [0.15, 0.2) is 0 Å². The van der Waals surface area contributed by atoms with E-state index in [9.17, 15) is 4.39 Å². The molecule has 0 aliphatic carbocycles. The number of likely N-dealkylation sites (tertiary alicyclic amines) is 1. The Morgan fingerprint density at radius 2 is 2.11 bits per heavy atom.